The van der Waals surface area contributed by atoms with Crippen molar-refractivity contribution in [3.05, 3.63) is 35.4 Å². The van der Waals surface area contributed by atoms with Gasteiger partial charge >= 0.3 is 8.56 Å². The van der Waals surface area contributed by atoms with E-state index in [1.54, 1.807) is 21.3 Å². The van der Waals surface area contributed by atoms with Crippen molar-refractivity contribution < 1.29 is 18.4 Å². The van der Waals surface area contributed by atoms with Gasteiger partial charge in [0.2, 0.25) is 8.32 Å². The zero-order chi connectivity index (χ0) is 16.6. The second-order valence-corrected chi connectivity index (χ2v) is 13.9. The molecule has 126 valence electrons. The van der Waals surface area contributed by atoms with E-state index in [9.17, 15) is 5.11 Å². The average Bonchev–Trinajstić information content (AvgIpc) is 2.58. The molecule has 0 bridgehead atoms. The molecule has 4 nitrogen and oxygen atoms in total. The summed E-state index contributed by atoms with van der Waals surface area (Å²) in [4.78, 5) is 0. The van der Waals surface area contributed by atoms with E-state index in [-0.39, 0.29) is 6.23 Å². The summed E-state index contributed by atoms with van der Waals surface area (Å²) in [7, 11) is 1.27. The summed E-state index contributed by atoms with van der Waals surface area (Å²) in [5, 5.41) is 9.42. The van der Waals surface area contributed by atoms with E-state index >= 15 is 0 Å². The van der Waals surface area contributed by atoms with Crippen LogP contribution in [0.4, 0.5) is 0 Å². The molecule has 1 N–H and O–H groups in total. The highest BCUT2D eigenvalue weighted by Crippen LogP contribution is 2.18. The van der Waals surface area contributed by atoms with Crippen LogP contribution in [-0.2, 0) is 26.1 Å². The fraction of sp³-hybridized carbons (Fsp3) is 0.625. The first-order chi connectivity index (χ1) is 10.4. The fourth-order valence-electron chi connectivity index (χ4n) is 2.19. The van der Waals surface area contributed by atoms with Crippen LogP contribution >= 0.6 is 0 Å². The minimum atomic E-state index is -1.98. The molecular weight excluding hydrogens is 312 g/mol. The Hall–Kier alpha value is -0.506. The Kier molecular flexibility index (Phi) is 7.95. The summed E-state index contributed by atoms with van der Waals surface area (Å²) in [6.07, 6.45) is 2.12. The van der Waals surface area contributed by atoms with Crippen molar-refractivity contribution in [2.75, 3.05) is 27.6 Å². The average molecular weight is 343 g/mol. The molecule has 0 aliphatic rings. The third-order valence-electron chi connectivity index (χ3n) is 4.52. The molecule has 0 amide bonds. The zero-order valence-electron chi connectivity index (χ0n) is 14.5. The monoisotopic (exact) mass is 342 g/mol. The molecule has 0 saturated carbocycles. The molecule has 1 atom stereocenters. The first-order valence-electron chi connectivity index (χ1n) is 7.74. The molecule has 0 saturated heterocycles. The van der Waals surface area contributed by atoms with Crippen LogP contribution in [0.5, 0.6) is 0 Å². The van der Waals surface area contributed by atoms with Gasteiger partial charge in [0.1, 0.15) is 0 Å². The predicted octanol–water partition coefficient (Wildman–Crippen LogP) is 2.89. The van der Waals surface area contributed by atoms with Crippen molar-refractivity contribution >= 4 is 16.9 Å². The highest BCUT2D eigenvalue weighted by atomic mass is 28.4. The summed E-state index contributed by atoms with van der Waals surface area (Å²) < 4.78 is 16.5. The summed E-state index contributed by atoms with van der Waals surface area (Å²) in [6, 6.07) is 10.6. The summed E-state index contributed by atoms with van der Waals surface area (Å²) in [5.74, 6) is 0. The maximum Gasteiger partial charge on any atom is 0.334 e. The number of hydrogen-bond acceptors (Lipinski definition) is 4. The molecule has 0 aliphatic heterocycles. The predicted molar refractivity (Wildman–Crippen MR) is 94.8 cm³/mol. The van der Waals surface area contributed by atoms with Crippen molar-refractivity contribution in [2.45, 2.75) is 38.0 Å². The van der Waals surface area contributed by atoms with Gasteiger partial charge in [0.05, 0.1) is 6.23 Å². The molecule has 1 aromatic rings. The summed E-state index contributed by atoms with van der Waals surface area (Å²) >= 11 is 0. The van der Waals surface area contributed by atoms with Gasteiger partial charge in [0.15, 0.2) is 0 Å². The number of rotatable bonds is 10. The molecule has 6 heteroatoms. The number of aryl methyl sites for hydroxylation is 2. The molecule has 0 aliphatic carbocycles. The zero-order valence-corrected chi connectivity index (χ0v) is 16.5. The van der Waals surface area contributed by atoms with E-state index in [0.29, 0.717) is 0 Å². The van der Waals surface area contributed by atoms with Gasteiger partial charge in [-0.25, -0.2) is 0 Å². The Morgan fingerprint density at radius 3 is 1.64 bits per heavy atom. The smallest absolute Gasteiger partial charge is 0.334 e. The van der Waals surface area contributed by atoms with Gasteiger partial charge in [-0.05, 0) is 49.2 Å². The van der Waals surface area contributed by atoms with Crippen molar-refractivity contribution in [3.63, 3.8) is 0 Å². The molecule has 0 aromatic heterocycles. The molecule has 22 heavy (non-hydrogen) atoms. The van der Waals surface area contributed by atoms with Gasteiger partial charge in [-0.15, -0.1) is 0 Å². The second-order valence-electron chi connectivity index (χ2n) is 6.17. The second kappa shape index (κ2) is 8.95. The van der Waals surface area contributed by atoms with Crippen LogP contribution in [0.1, 0.15) is 11.1 Å². The van der Waals surface area contributed by atoms with Gasteiger partial charge in [-0.2, -0.15) is 0 Å². The van der Waals surface area contributed by atoms with Gasteiger partial charge in [0, 0.05) is 21.3 Å². The lowest BCUT2D eigenvalue weighted by Crippen LogP contribution is -2.38. The molecule has 0 heterocycles. The third kappa shape index (κ3) is 5.94. The first-order valence-corrected chi connectivity index (χ1v) is 13.1. The van der Waals surface area contributed by atoms with E-state index in [4.69, 9.17) is 13.3 Å². The Balaban J connectivity index is 2.53. The maximum absolute atomic E-state index is 9.42. The third-order valence-corrected chi connectivity index (χ3v) is 10.4. The van der Waals surface area contributed by atoms with Crippen molar-refractivity contribution in [2.24, 2.45) is 0 Å². The number of benzene rings is 1. The van der Waals surface area contributed by atoms with E-state index in [1.165, 1.54) is 11.1 Å². The molecule has 1 aromatic carbocycles. The minimum Gasteiger partial charge on any atom is -0.418 e. The summed E-state index contributed by atoms with van der Waals surface area (Å²) in [5.41, 5.74) is 2.61. The van der Waals surface area contributed by atoms with Crippen LogP contribution in [-0.4, -0.2) is 49.5 Å². The SMILES string of the molecule is CO[Si](C)(CO)CCc1ccc(CC[Si](C)(OC)OC)cc1. The molecule has 1 rings (SSSR count). The molecule has 0 spiro atoms. The Labute approximate surface area is 136 Å². The standard InChI is InChI=1S/C16H30O4Si2/c1-18-21(4,14-17)12-10-15-6-8-16(9-7-15)11-13-22(5,19-2)20-3/h6-9,17H,10-14H2,1-5H3. The van der Waals surface area contributed by atoms with Gasteiger partial charge < -0.3 is 18.4 Å². The van der Waals surface area contributed by atoms with E-state index in [2.05, 4.69) is 37.4 Å². The normalized spacial score (nSPS) is 14.8. The van der Waals surface area contributed by atoms with Crippen LogP contribution < -0.4 is 0 Å². The quantitative estimate of drug-likeness (QED) is 0.664. The molecular formula is C16H30O4Si2. The Bertz CT molecular complexity index is 387. The van der Waals surface area contributed by atoms with Gasteiger partial charge in [-0.1, -0.05) is 24.3 Å². The topological polar surface area (TPSA) is 47.9 Å². The van der Waals surface area contributed by atoms with Gasteiger partial charge in [-0.3, -0.25) is 0 Å². The lowest BCUT2D eigenvalue weighted by molar-refractivity contribution is 0.249. The highest BCUT2D eigenvalue weighted by Gasteiger charge is 2.28. The van der Waals surface area contributed by atoms with E-state index < -0.39 is 16.9 Å². The van der Waals surface area contributed by atoms with Crippen LogP contribution in [0.25, 0.3) is 0 Å². The number of hydrogen-bond donors (Lipinski definition) is 1. The van der Waals surface area contributed by atoms with E-state index in [0.717, 1.165) is 24.9 Å². The van der Waals surface area contributed by atoms with Crippen molar-refractivity contribution in [1.29, 1.82) is 0 Å². The van der Waals surface area contributed by atoms with Crippen molar-refractivity contribution in [3.8, 4) is 0 Å². The first kappa shape index (κ1) is 19.5. The van der Waals surface area contributed by atoms with Crippen LogP contribution in [0.3, 0.4) is 0 Å². The number of aliphatic hydroxyl groups excluding tert-OH is 1. The Morgan fingerprint density at radius 1 is 0.818 bits per heavy atom. The lowest BCUT2D eigenvalue weighted by Gasteiger charge is -2.23. The Morgan fingerprint density at radius 2 is 1.27 bits per heavy atom. The molecule has 1 unspecified atom stereocenters. The van der Waals surface area contributed by atoms with Crippen molar-refractivity contribution in [1.82, 2.24) is 0 Å². The number of aliphatic hydroxyl groups is 1. The van der Waals surface area contributed by atoms with Crippen LogP contribution in [0.15, 0.2) is 24.3 Å². The summed E-state index contributed by atoms with van der Waals surface area (Å²) in [6.45, 7) is 4.16. The largest absolute Gasteiger partial charge is 0.418 e. The lowest BCUT2D eigenvalue weighted by atomic mass is 10.1. The maximum atomic E-state index is 9.42. The molecule has 0 fully saturated rings. The molecule has 0 radical (unpaired) electrons. The van der Waals surface area contributed by atoms with Gasteiger partial charge in [0.25, 0.3) is 0 Å². The van der Waals surface area contributed by atoms with E-state index in [1.807, 2.05) is 0 Å². The highest BCUT2D eigenvalue weighted by molar-refractivity contribution is 6.72. The fourth-order valence-corrected chi connectivity index (χ4v) is 4.81. The minimum absolute atomic E-state index is 0.179. The van der Waals surface area contributed by atoms with Crippen LogP contribution in [0.2, 0.25) is 25.2 Å². The van der Waals surface area contributed by atoms with Crippen LogP contribution in [0, 0.1) is 0 Å².